The Morgan fingerprint density at radius 2 is 1.78 bits per heavy atom. The summed E-state index contributed by atoms with van der Waals surface area (Å²) in [7, 11) is 0. The van der Waals surface area contributed by atoms with Gasteiger partial charge < -0.3 is 15.1 Å². The molecule has 0 saturated carbocycles. The van der Waals surface area contributed by atoms with E-state index >= 15 is 0 Å². The lowest BCUT2D eigenvalue weighted by atomic mass is 9.99. The predicted octanol–water partition coefficient (Wildman–Crippen LogP) is 2.76. The number of carbonyl (C=O) groups is 1. The van der Waals surface area contributed by atoms with E-state index in [-0.39, 0.29) is 12.5 Å². The van der Waals surface area contributed by atoms with E-state index in [1.54, 1.807) is 29.2 Å². The molecule has 3 atom stereocenters. The minimum Gasteiger partial charge on any atom is -0.391 e. The highest BCUT2D eigenvalue weighted by atomic mass is 79.9. The van der Waals surface area contributed by atoms with Crippen molar-refractivity contribution in [1.29, 1.82) is 0 Å². The number of β-amino-alcohol motifs (C(OH)–C–C–N with tert-alkyl or cyclic N) is 1. The molecule has 1 heterocycles. The minimum absolute atomic E-state index is 0.164. The van der Waals surface area contributed by atoms with Crippen molar-refractivity contribution in [2.24, 2.45) is 0 Å². The first-order chi connectivity index (χ1) is 11.1. The molecule has 1 saturated heterocycles. The van der Waals surface area contributed by atoms with Crippen LogP contribution in [0.2, 0.25) is 0 Å². The van der Waals surface area contributed by atoms with Crippen molar-refractivity contribution in [3.05, 3.63) is 70.2 Å². The molecule has 4 nitrogen and oxygen atoms in total. The summed E-state index contributed by atoms with van der Waals surface area (Å²) in [6.07, 6.45) is -1.07. The molecule has 1 aliphatic heterocycles. The third kappa shape index (κ3) is 3.47. The third-order valence-electron chi connectivity index (χ3n) is 4.18. The van der Waals surface area contributed by atoms with Gasteiger partial charge in [-0.05, 0) is 36.2 Å². The highest BCUT2D eigenvalue weighted by Crippen LogP contribution is 2.31. The third-order valence-corrected chi connectivity index (χ3v) is 4.71. The fourth-order valence-corrected chi connectivity index (χ4v) is 3.27. The number of benzene rings is 2. The van der Waals surface area contributed by atoms with Gasteiger partial charge in [0.1, 0.15) is 0 Å². The van der Waals surface area contributed by atoms with Gasteiger partial charge in [-0.1, -0.05) is 46.3 Å². The number of halogens is 1. The first kappa shape index (κ1) is 16.2. The average molecular weight is 376 g/mol. The topological polar surface area (TPSA) is 60.8 Å². The molecule has 120 valence electrons. The molecule has 0 unspecified atom stereocenters. The molecular weight excluding hydrogens is 358 g/mol. The summed E-state index contributed by atoms with van der Waals surface area (Å²) in [6.45, 7) is 0.242. The van der Waals surface area contributed by atoms with Crippen LogP contribution < -0.4 is 0 Å². The summed E-state index contributed by atoms with van der Waals surface area (Å²) in [5.41, 5.74) is 1.30. The molecule has 2 aromatic rings. The molecule has 0 bridgehead atoms. The van der Waals surface area contributed by atoms with Gasteiger partial charge in [0.15, 0.2) is 0 Å². The van der Waals surface area contributed by atoms with Crippen LogP contribution >= 0.6 is 15.9 Å². The Kier molecular flexibility index (Phi) is 4.80. The fraction of sp³-hybridized carbons (Fsp3) is 0.278. The SMILES string of the molecule is O=C(c1ccccc1)N1C[C@H](O)C[C@@H]1[C@@H](O)c1ccc(Br)cc1. The Balaban J connectivity index is 1.84. The Bertz CT molecular complexity index is 674. The second kappa shape index (κ2) is 6.83. The molecule has 2 aromatic carbocycles. The molecule has 1 amide bonds. The van der Waals surface area contributed by atoms with Crippen molar-refractivity contribution in [3.63, 3.8) is 0 Å². The number of hydrogen-bond acceptors (Lipinski definition) is 3. The van der Waals surface area contributed by atoms with E-state index in [1.807, 2.05) is 30.3 Å². The lowest BCUT2D eigenvalue weighted by Gasteiger charge is -2.28. The lowest BCUT2D eigenvalue weighted by Crippen LogP contribution is -2.39. The zero-order valence-electron chi connectivity index (χ0n) is 12.5. The summed E-state index contributed by atoms with van der Waals surface area (Å²) in [5.74, 6) is -0.164. The molecule has 5 heteroatoms. The van der Waals surface area contributed by atoms with Gasteiger partial charge in [0.05, 0.1) is 18.2 Å². The second-order valence-electron chi connectivity index (χ2n) is 5.78. The van der Waals surface area contributed by atoms with E-state index in [2.05, 4.69) is 15.9 Å². The van der Waals surface area contributed by atoms with Crippen LogP contribution in [0, 0.1) is 0 Å². The molecule has 0 radical (unpaired) electrons. The maximum absolute atomic E-state index is 12.7. The minimum atomic E-state index is -0.826. The van der Waals surface area contributed by atoms with Gasteiger partial charge >= 0.3 is 0 Å². The molecule has 3 rings (SSSR count). The summed E-state index contributed by atoms with van der Waals surface area (Å²) < 4.78 is 0.928. The Labute approximate surface area is 143 Å². The van der Waals surface area contributed by atoms with Crippen LogP contribution in [-0.2, 0) is 0 Å². The van der Waals surface area contributed by atoms with Gasteiger partial charge in [-0.15, -0.1) is 0 Å². The van der Waals surface area contributed by atoms with Crippen LogP contribution in [-0.4, -0.2) is 39.7 Å². The van der Waals surface area contributed by atoms with E-state index in [0.717, 1.165) is 10.0 Å². The highest BCUT2D eigenvalue weighted by molar-refractivity contribution is 9.10. The van der Waals surface area contributed by atoms with Gasteiger partial charge in [-0.3, -0.25) is 4.79 Å². The van der Waals surface area contributed by atoms with Gasteiger partial charge in [0.25, 0.3) is 5.91 Å². The molecular formula is C18H18BrNO3. The van der Waals surface area contributed by atoms with E-state index in [9.17, 15) is 15.0 Å². The second-order valence-corrected chi connectivity index (χ2v) is 6.69. The van der Waals surface area contributed by atoms with Gasteiger partial charge in [0, 0.05) is 16.6 Å². The first-order valence-corrected chi connectivity index (χ1v) is 8.33. The number of likely N-dealkylation sites (tertiary alicyclic amines) is 1. The van der Waals surface area contributed by atoms with Crippen molar-refractivity contribution in [2.45, 2.75) is 24.7 Å². The van der Waals surface area contributed by atoms with Crippen molar-refractivity contribution in [2.75, 3.05) is 6.54 Å². The lowest BCUT2D eigenvalue weighted by molar-refractivity contribution is 0.0485. The van der Waals surface area contributed by atoms with Crippen LogP contribution in [0.4, 0.5) is 0 Å². The number of nitrogens with zero attached hydrogens (tertiary/aromatic N) is 1. The highest BCUT2D eigenvalue weighted by Gasteiger charge is 2.39. The molecule has 1 aliphatic rings. The quantitative estimate of drug-likeness (QED) is 0.866. The molecule has 2 N–H and O–H groups in total. The molecule has 1 fully saturated rings. The summed E-state index contributed by atoms with van der Waals surface area (Å²) in [6, 6.07) is 15.9. The average Bonchev–Trinajstić information content (AvgIpc) is 2.97. The van der Waals surface area contributed by atoms with E-state index in [1.165, 1.54) is 0 Å². The maximum Gasteiger partial charge on any atom is 0.254 e. The Hall–Kier alpha value is -1.69. The molecule has 23 heavy (non-hydrogen) atoms. The molecule has 0 aliphatic carbocycles. The number of aliphatic hydroxyl groups is 2. The maximum atomic E-state index is 12.7. The normalized spacial score (nSPS) is 22.1. The van der Waals surface area contributed by atoms with Gasteiger partial charge in [-0.2, -0.15) is 0 Å². The van der Waals surface area contributed by atoms with Crippen LogP contribution in [0.15, 0.2) is 59.1 Å². The van der Waals surface area contributed by atoms with Crippen LogP contribution in [0.3, 0.4) is 0 Å². The monoisotopic (exact) mass is 375 g/mol. The van der Waals surface area contributed by atoms with Crippen molar-refractivity contribution in [1.82, 2.24) is 4.90 Å². The number of amides is 1. The van der Waals surface area contributed by atoms with Crippen LogP contribution in [0.1, 0.15) is 28.4 Å². The summed E-state index contributed by atoms with van der Waals surface area (Å²) in [4.78, 5) is 14.3. The summed E-state index contributed by atoms with van der Waals surface area (Å²) >= 11 is 3.37. The van der Waals surface area contributed by atoms with Gasteiger partial charge in [-0.25, -0.2) is 0 Å². The largest absolute Gasteiger partial charge is 0.391 e. The van der Waals surface area contributed by atoms with Crippen molar-refractivity contribution >= 4 is 21.8 Å². The Morgan fingerprint density at radius 1 is 1.13 bits per heavy atom. The van der Waals surface area contributed by atoms with E-state index < -0.39 is 18.2 Å². The van der Waals surface area contributed by atoms with E-state index in [4.69, 9.17) is 0 Å². The fourth-order valence-electron chi connectivity index (χ4n) is 3.00. The molecule has 0 aromatic heterocycles. The zero-order chi connectivity index (χ0) is 16.4. The number of aliphatic hydroxyl groups excluding tert-OH is 2. The number of hydrogen-bond donors (Lipinski definition) is 2. The van der Waals surface area contributed by atoms with Crippen LogP contribution in [0.5, 0.6) is 0 Å². The van der Waals surface area contributed by atoms with Gasteiger partial charge in [0.2, 0.25) is 0 Å². The predicted molar refractivity (Wildman–Crippen MR) is 91.0 cm³/mol. The first-order valence-electron chi connectivity index (χ1n) is 7.54. The summed E-state index contributed by atoms with van der Waals surface area (Å²) in [5, 5.41) is 20.7. The number of carbonyl (C=O) groups excluding carboxylic acids is 1. The number of rotatable bonds is 3. The van der Waals surface area contributed by atoms with Crippen molar-refractivity contribution < 1.29 is 15.0 Å². The van der Waals surface area contributed by atoms with Crippen LogP contribution in [0.25, 0.3) is 0 Å². The Morgan fingerprint density at radius 3 is 2.43 bits per heavy atom. The standard InChI is InChI=1S/C18H18BrNO3/c19-14-8-6-12(7-9-14)17(22)16-10-15(21)11-20(16)18(23)13-4-2-1-3-5-13/h1-9,15-17,21-22H,10-11H2/t15-,16-,17+/m1/s1. The molecule has 0 spiro atoms. The zero-order valence-corrected chi connectivity index (χ0v) is 14.1. The van der Waals surface area contributed by atoms with Crippen molar-refractivity contribution in [3.8, 4) is 0 Å². The smallest absolute Gasteiger partial charge is 0.254 e. The van der Waals surface area contributed by atoms with E-state index in [0.29, 0.717) is 12.0 Å².